The number of carbonyl (C=O) groups is 1. The number of esters is 1. The molecule has 2 aromatic rings. The molecule has 5 heteroatoms. The van der Waals surface area contributed by atoms with E-state index in [0.29, 0.717) is 30.7 Å². The first-order valence-electron chi connectivity index (χ1n) is 6.87. The van der Waals surface area contributed by atoms with Gasteiger partial charge in [-0.15, -0.1) is 0 Å². The predicted molar refractivity (Wildman–Crippen MR) is 72.9 cm³/mol. The first-order valence-corrected chi connectivity index (χ1v) is 6.87. The van der Waals surface area contributed by atoms with Crippen LogP contribution in [-0.2, 0) is 21.5 Å². The van der Waals surface area contributed by atoms with Crippen LogP contribution in [-0.4, -0.2) is 22.6 Å². The molecule has 1 aromatic carbocycles. The highest BCUT2D eigenvalue weighted by molar-refractivity contribution is 5.87. The van der Waals surface area contributed by atoms with Gasteiger partial charge in [0.1, 0.15) is 16.8 Å². The third-order valence-corrected chi connectivity index (χ3v) is 3.93. The number of methoxy groups -OCH3 is 1. The van der Waals surface area contributed by atoms with Gasteiger partial charge in [-0.05, 0) is 31.4 Å². The predicted octanol–water partition coefficient (Wildman–Crippen LogP) is 2.79. The molecule has 0 unspecified atom stereocenters. The molecule has 1 saturated carbocycles. The summed E-state index contributed by atoms with van der Waals surface area (Å²) in [7, 11) is 1.38. The molecule has 1 aliphatic carbocycles. The van der Waals surface area contributed by atoms with E-state index < -0.39 is 5.41 Å². The zero-order valence-corrected chi connectivity index (χ0v) is 11.6. The van der Waals surface area contributed by atoms with E-state index in [1.54, 1.807) is 6.07 Å². The summed E-state index contributed by atoms with van der Waals surface area (Å²) in [6, 6.07) is 4.91. The molecule has 1 aliphatic rings. The van der Waals surface area contributed by atoms with Gasteiger partial charge in [-0.3, -0.25) is 4.79 Å². The van der Waals surface area contributed by atoms with Gasteiger partial charge in [-0.25, -0.2) is 9.37 Å². The summed E-state index contributed by atoms with van der Waals surface area (Å²) in [5, 5.41) is 0. The zero-order chi connectivity index (χ0) is 14.3. The van der Waals surface area contributed by atoms with E-state index in [1.807, 2.05) is 17.6 Å². The summed E-state index contributed by atoms with van der Waals surface area (Å²) in [6.07, 6.45) is 2.33. The molecule has 0 amide bonds. The van der Waals surface area contributed by atoms with Crippen LogP contribution in [0.1, 0.15) is 32.0 Å². The van der Waals surface area contributed by atoms with Crippen LogP contribution in [0.5, 0.6) is 0 Å². The van der Waals surface area contributed by atoms with E-state index in [4.69, 9.17) is 4.74 Å². The van der Waals surface area contributed by atoms with Crippen molar-refractivity contribution in [1.82, 2.24) is 9.55 Å². The number of rotatable bonds is 4. The lowest BCUT2D eigenvalue weighted by atomic mass is 10.1. The Morgan fingerprint density at radius 3 is 2.85 bits per heavy atom. The Labute approximate surface area is 116 Å². The summed E-state index contributed by atoms with van der Waals surface area (Å²) in [6.45, 7) is 2.76. The van der Waals surface area contributed by atoms with Gasteiger partial charge in [0.2, 0.25) is 0 Å². The highest BCUT2D eigenvalue weighted by atomic mass is 19.1. The maximum atomic E-state index is 13.9. The highest BCUT2D eigenvalue weighted by Gasteiger charge is 2.56. The van der Waals surface area contributed by atoms with Crippen molar-refractivity contribution in [3.63, 3.8) is 0 Å². The second-order valence-electron chi connectivity index (χ2n) is 5.27. The summed E-state index contributed by atoms with van der Waals surface area (Å²) in [5.41, 5.74) is 0.415. The van der Waals surface area contributed by atoms with Crippen molar-refractivity contribution < 1.29 is 13.9 Å². The summed E-state index contributed by atoms with van der Waals surface area (Å²) in [5.74, 6) is 0.0242. The molecule has 0 saturated heterocycles. The number of benzene rings is 1. The number of aryl methyl sites for hydroxylation is 1. The van der Waals surface area contributed by atoms with Crippen LogP contribution in [0, 0.1) is 5.82 Å². The summed E-state index contributed by atoms with van der Waals surface area (Å²) >= 11 is 0. The van der Waals surface area contributed by atoms with Crippen LogP contribution >= 0.6 is 0 Å². The van der Waals surface area contributed by atoms with E-state index in [9.17, 15) is 9.18 Å². The summed E-state index contributed by atoms with van der Waals surface area (Å²) in [4.78, 5) is 16.5. The van der Waals surface area contributed by atoms with Gasteiger partial charge in [0.05, 0.1) is 12.6 Å². The number of fused-ring (bicyclic) bond motifs is 1. The minimum atomic E-state index is -0.671. The molecule has 4 nitrogen and oxygen atoms in total. The second kappa shape index (κ2) is 4.58. The number of halogens is 1. The smallest absolute Gasteiger partial charge is 0.319 e. The maximum Gasteiger partial charge on any atom is 0.319 e. The van der Waals surface area contributed by atoms with Crippen molar-refractivity contribution in [1.29, 1.82) is 0 Å². The summed E-state index contributed by atoms with van der Waals surface area (Å²) < 4.78 is 20.8. The Balaban J connectivity index is 2.22. The average Bonchev–Trinajstić information content (AvgIpc) is 3.17. The minimum Gasteiger partial charge on any atom is -0.468 e. The number of ether oxygens (including phenoxy) is 1. The Morgan fingerprint density at radius 1 is 1.50 bits per heavy atom. The largest absolute Gasteiger partial charge is 0.468 e. The van der Waals surface area contributed by atoms with Crippen molar-refractivity contribution in [3.8, 4) is 0 Å². The fraction of sp³-hybridized carbons (Fsp3) is 0.467. The Morgan fingerprint density at radius 2 is 2.25 bits per heavy atom. The van der Waals surface area contributed by atoms with Crippen LogP contribution < -0.4 is 0 Å². The van der Waals surface area contributed by atoms with E-state index >= 15 is 0 Å². The zero-order valence-electron chi connectivity index (χ0n) is 11.6. The molecule has 3 rings (SSSR count). The molecule has 20 heavy (non-hydrogen) atoms. The lowest BCUT2D eigenvalue weighted by Crippen LogP contribution is -2.26. The Hall–Kier alpha value is -1.91. The Bertz CT molecular complexity index is 674. The van der Waals surface area contributed by atoms with Crippen LogP contribution in [0.4, 0.5) is 4.39 Å². The van der Waals surface area contributed by atoms with E-state index in [-0.39, 0.29) is 11.8 Å². The second-order valence-corrected chi connectivity index (χ2v) is 5.27. The van der Waals surface area contributed by atoms with Crippen LogP contribution in [0.15, 0.2) is 18.2 Å². The third kappa shape index (κ3) is 1.72. The Kier molecular flexibility index (Phi) is 3.00. The van der Waals surface area contributed by atoms with Gasteiger partial charge in [0.15, 0.2) is 5.82 Å². The fourth-order valence-corrected chi connectivity index (χ4v) is 2.77. The lowest BCUT2D eigenvalue weighted by Gasteiger charge is -2.14. The minimum absolute atomic E-state index is 0.273. The normalized spacial score (nSPS) is 16.4. The highest BCUT2D eigenvalue weighted by Crippen LogP contribution is 2.49. The van der Waals surface area contributed by atoms with Gasteiger partial charge in [-0.1, -0.05) is 13.0 Å². The van der Waals surface area contributed by atoms with Gasteiger partial charge >= 0.3 is 5.97 Å². The van der Waals surface area contributed by atoms with Crippen molar-refractivity contribution >= 4 is 17.0 Å². The van der Waals surface area contributed by atoms with Crippen molar-refractivity contribution in [2.75, 3.05) is 7.11 Å². The van der Waals surface area contributed by atoms with Gasteiger partial charge in [0.25, 0.3) is 0 Å². The fourth-order valence-electron chi connectivity index (χ4n) is 2.77. The molecule has 0 bridgehead atoms. The van der Waals surface area contributed by atoms with E-state index in [2.05, 4.69) is 4.98 Å². The van der Waals surface area contributed by atoms with Crippen molar-refractivity contribution in [2.45, 2.75) is 38.1 Å². The molecule has 1 aromatic heterocycles. The SMILES string of the molecule is CCCn1c(C2(C(=O)OC)CC2)nc2c(F)cccc21. The molecule has 0 spiro atoms. The van der Waals surface area contributed by atoms with Crippen LogP contribution in [0.25, 0.3) is 11.0 Å². The van der Waals surface area contributed by atoms with E-state index in [1.165, 1.54) is 13.2 Å². The molecular weight excluding hydrogens is 259 g/mol. The molecule has 0 N–H and O–H groups in total. The maximum absolute atomic E-state index is 13.9. The molecule has 1 fully saturated rings. The molecule has 0 radical (unpaired) electrons. The van der Waals surface area contributed by atoms with Crippen LogP contribution in [0.2, 0.25) is 0 Å². The number of hydrogen-bond acceptors (Lipinski definition) is 3. The topological polar surface area (TPSA) is 44.1 Å². The standard InChI is InChI=1S/C15H17FN2O2/c1-3-9-18-11-6-4-5-10(16)12(11)17-13(18)15(7-8-15)14(19)20-2/h4-6H,3,7-9H2,1-2H3. The van der Waals surface area contributed by atoms with Gasteiger partial charge in [0, 0.05) is 6.54 Å². The first kappa shape index (κ1) is 13.1. The van der Waals surface area contributed by atoms with Gasteiger partial charge in [-0.2, -0.15) is 0 Å². The van der Waals surface area contributed by atoms with Gasteiger partial charge < -0.3 is 9.30 Å². The number of nitrogens with zero attached hydrogens (tertiary/aromatic N) is 2. The number of para-hydroxylation sites is 1. The molecular formula is C15H17FN2O2. The number of hydrogen-bond donors (Lipinski definition) is 0. The quantitative estimate of drug-likeness (QED) is 0.807. The third-order valence-electron chi connectivity index (χ3n) is 3.93. The number of carbonyl (C=O) groups excluding carboxylic acids is 1. The van der Waals surface area contributed by atoms with Crippen LogP contribution in [0.3, 0.4) is 0 Å². The van der Waals surface area contributed by atoms with Crippen molar-refractivity contribution in [2.24, 2.45) is 0 Å². The number of aromatic nitrogens is 2. The monoisotopic (exact) mass is 276 g/mol. The van der Waals surface area contributed by atoms with E-state index in [0.717, 1.165) is 11.9 Å². The average molecular weight is 276 g/mol. The molecule has 1 heterocycles. The number of imidazole rings is 1. The lowest BCUT2D eigenvalue weighted by molar-refractivity contribution is -0.144. The molecule has 106 valence electrons. The molecule has 0 atom stereocenters. The molecule has 0 aliphatic heterocycles. The van der Waals surface area contributed by atoms with Crippen molar-refractivity contribution in [3.05, 3.63) is 29.8 Å². The first-order chi connectivity index (χ1) is 9.64.